The fourth-order valence-corrected chi connectivity index (χ4v) is 2.11. The van der Waals surface area contributed by atoms with Gasteiger partial charge in [-0.3, -0.25) is 9.59 Å². The van der Waals surface area contributed by atoms with E-state index >= 15 is 0 Å². The van der Waals surface area contributed by atoms with Gasteiger partial charge >= 0.3 is 5.97 Å². The SMILES string of the molecule is CC(C)CN(CC(=O)O)C(=O)c1cc(Cl)c(Cl)n1C. The number of aliphatic carboxylic acids is 1. The molecule has 7 heteroatoms. The van der Waals surface area contributed by atoms with Gasteiger partial charge in [-0.1, -0.05) is 37.0 Å². The van der Waals surface area contributed by atoms with Crippen molar-refractivity contribution in [2.45, 2.75) is 13.8 Å². The average Bonchev–Trinajstić information content (AvgIpc) is 2.54. The zero-order chi connectivity index (χ0) is 14.7. The van der Waals surface area contributed by atoms with Crippen molar-refractivity contribution in [3.05, 3.63) is 21.9 Å². The largest absolute Gasteiger partial charge is 0.480 e. The number of carbonyl (C=O) groups excluding carboxylic acids is 1. The lowest BCUT2D eigenvalue weighted by atomic mass is 10.2. The van der Waals surface area contributed by atoms with Crippen LogP contribution in [0.3, 0.4) is 0 Å². The Morgan fingerprint density at radius 2 is 2.00 bits per heavy atom. The third kappa shape index (κ3) is 3.88. The Hall–Kier alpha value is -1.20. The number of nitrogens with zero attached hydrogens (tertiary/aromatic N) is 2. The van der Waals surface area contributed by atoms with E-state index in [-0.39, 0.29) is 28.3 Å². The number of carboxylic acid groups (broad SMARTS) is 1. The molecule has 0 saturated heterocycles. The molecule has 0 bridgehead atoms. The van der Waals surface area contributed by atoms with Crippen LogP contribution in [-0.4, -0.2) is 39.5 Å². The van der Waals surface area contributed by atoms with Crippen LogP contribution in [0, 0.1) is 5.92 Å². The minimum Gasteiger partial charge on any atom is -0.480 e. The van der Waals surface area contributed by atoms with Crippen LogP contribution < -0.4 is 0 Å². The fourth-order valence-electron chi connectivity index (χ4n) is 1.73. The van der Waals surface area contributed by atoms with Crippen LogP contribution in [0.2, 0.25) is 10.2 Å². The van der Waals surface area contributed by atoms with Crippen molar-refractivity contribution in [3.63, 3.8) is 0 Å². The highest BCUT2D eigenvalue weighted by Gasteiger charge is 2.23. The monoisotopic (exact) mass is 306 g/mol. The Morgan fingerprint density at radius 3 is 2.37 bits per heavy atom. The normalized spacial score (nSPS) is 10.8. The van der Waals surface area contributed by atoms with Gasteiger partial charge in [0.1, 0.15) is 17.4 Å². The van der Waals surface area contributed by atoms with Crippen molar-refractivity contribution in [3.8, 4) is 0 Å². The molecule has 0 aliphatic heterocycles. The first-order valence-corrected chi connectivity index (χ1v) is 6.51. The first-order chi connectivity index (χ1) is 8.73. The van der Waals surface area contributed by atoms with E-state index in [0.29, 0.717) is 6.54 Å². The first-order valence-electron chi connectivity index (χ1n) is 5.75. The summed E-state index contributed by atoms with van der Waals surface area (Å²) in [6, 6.07) is 1.45. The summed E-state index contributed by atoms with van der Waals surface area (Å²) >= 11 is 11.8. The van der Waals surface area contributed by atoms with E-state index in [1.807, 2.05) is 13.8 Å². The van der Waals surface area contributed by atoms with Gasteiger partial charge < -0.3 is 14.6 Å². The van der Waals surface area contributed by atoms with Crippen LogP contribution in [0.4, 0.5) is 0 Å². The predicted octanol–water partition coefficient (Wildman–Crippen LogP) is 2.51. The number of amides is 1. The Kier molecular flexibility index (Phi) is 5.26. The zero-order valence-corrected chi connectivity index (χ0v) is 12.5. The van der Waals surface area contributed by atoms with Gasteiger partial charge in [0.05, 0.1) is 5.02 Å². The van der Waals surface area contributed by atoms with E-state index in [1.165, 1.54) is 15.5 Å². The van der Waals surface area contributed by atoms with Crippen LogP contribution in [0.5, 0.6) is 0 Å². The molecule has 1 amide bonds. The van der Waals surface area contributed by atoms with Crippen LogP contribution >= 0.6 is 23.2 Å². The maximum absolute atomic E-state index is 12.3. The molecule has 106 valence electrons. The topological polar surface area (TPSA) is 62.5 Å². The highest BCUT2D eigenvalue weighted by Crippen LogP contribution is 2.26. The summed E-state index contributed by atoms with van der Waals surface area (Å²) < 4.78 is 1.45. The van der Waals surface area contributed by atoms with Crippen LogP contribution in [0.15, 0.2) is 6.07 Å². The molecule has 0 aliphatic carbocycles. The molecule has 0 spiro atoms. The maximum Gasteiger partial charge on any atom is 0.323 e. The van der Waals surface area contributed by atoms with E-state index < -0.39 is 11.9 Å². The van der Waals surface area contributed by atoms with Crippen LogP contribution in [-0.2, 0) is 11.8 Å². The number of hydrogen-bond donors (Lipinski definition) is 1. The first kappa shape index (κ1) is 15.9. The van der Waals surface area contributed by atoms with Gasteiger partial charge in [-0.25, -0.2) is 0 Å². The summed E-state index contributed by atoms with van der Waals surface area (Å²) in [6.45, 7) is 3.82. The number of carboxylic acids is 1. The maximum atomic E-state index is 12.3. The Labute approximate surface area is 121 Å². The van der Waals surface area contributed by atoms with Crippen molar-refractivity contribution >= 4 is 35.1 Å². The number of rotatable bonds is 5. The summed E-state index contributed by atoms with van der Waals surface area (Å²) in [5.74, 6) is -1.29. The van der Waals surface area contributed by atoms with Crippen LogP contribution in [0.1, 0.15) is 24.3 Å². The fraction of sp³-hybridized carbons (Fsp3) is 0.500. The highest BCUT2D eigenvalue weighted by atomic mass is 35.5. The molecule has 0 saturated carbocycles. The number of hydrogen-bond acceptors (Lipinski definition) is 2. The zero-order valence-electron chi connectivity index (χ0n) is 11.0. The van der Waals surface area contributed by atoms with Crippen molar-refractivity contribution in [2.24, 2.45) is 13.0 Å². The lowest BCUT2D eigenvalue weighted by Crippen LogP contribution is -2.39. The quantitative estimate of drug-likeness (QED) is 0.909. The third-order valence-corrected chi connectivity index (χ3v) is 3.38. The minimum atomic E-state index is -1.06. The molecule has 1 aromatic heterocycles. The molecule has 0 aromatic carbocycles. The lowest BCUT2D eigenvalue weighted by molar-refractivity contribution is -0.137. The molecule has 0 unspecified atom stereocenters. The molecule has 0 aliphatic rings. The van der Waals surface area contributed by atoms with Crippen molar-refractivity contribution < 1.29 is 14.7 Å². The Balaban J connectivity index is 3.04. The summed E-state index contributed by atoms with van der Waals surface area (Å²) in [5.41, 5.74) is 0.275. The van der Waals surface area contributed by atoms with Gasteiger partial charge in [0, 0.05) is 13.6 Å². The molecule has 0 radical (unpaired) electrons. The van der Waals surface area contributed by atoms with Crippen molar-refractivity contribution in [2.75, 3.05) is 13.1 Å². The molecule has 1 rings (SSSR count). The third-order valence-electron chi connectivity index (χ3n) is 2.53. The number of halogens is 2. The van der Waals surface area contributed by atoms with Crippen LogP contribution in [0.25, 0.3) is 0 Å². The van der Waals surface area contributed by atoms with E-state index in [9.17, 15) is 9.59 Å². The van der Waals surface area contributed by atoms with E-state index in [0.717, 1.165) is 0 Å². The minimum absolute atomic E-state index is 0.162. The molecule has 0 atom stereocenters. The van der Waals surface area contributed by atoms with Gasteiger partial charge in [-0.05, 0) is 12.0 Å². The number of carbonyl (C=O) groups is 2. The second-order valence-corrected chi connectivity index (χ2v) is 5.47. The van der Waals surface area contributed by atoms with E-state index in [4.69, 9.17) is 28.3 Å². The van der Waals surface area contributed by atoms with Crippen molar-refractivity contribution in [1.82, 2.24) is 9.47 Å². The van der Waals surface area contributed by atoms with Gasteiger partial charge in [0.25, 0.3) is 5.91 Å². The second-order valence-electron chi connectivity index (χ2n) is 4.70. The van der Waals surface area contributed by atoms with Gasteiger partial charge in [0.15, 0.2) is 0 Å². The number of aromatic nitrogens is 1. The Morgan fingerprint density at radius 1 is 1.42 bits per heavy atom. The van der Waals surface area contributed by atoms with Gasteiger partial charge in [-0.2, -0.15) is 0 Å². The molecular formula is C12H16Cl2N2O3. The summed E-state index contributed by atoms with van der Waals surface area (Å²) in [6.07, 6.45) is 0. The second kappa shape index (κ2) is 6.30. The lowest BCUT2D eigenvalue weighted by Gasteiger charge is -2.22. The molecule has 1 heterocycles. The molecule has 0 fully saturated rings. The Bertz CT molecular complexity index is 497. The van der Waals surface area contributed by atoms with E-state index in [1.54, 1.807) is 7.05 Å². The summed E-state index contributed by atoms with van der Waals surface area (Å²) in [7, 11) is 1.61. The predicted molar refractivity (Wildman–Crippen MR) is 73.8 cm³/mol. The summed E-state index contributed by atoms with van der Waals surface area (Å²) in [4.78, 5) is 24.4. The van der Waals surface area contributed by atoms with Crippen molar-refractivity contribution in [1.29, 1.82) is 0 Å². The summed E-state index contributed by atoms with van der Waals surface area (Å²) in [5, 5.41) is 9.39. The molecule has 5 nitrogen and oxygen atoms in total. The van der Waals surface area contributed by atoms with Gasteiger partial charge in [0.2, 0.25) is 0 Å². The molecule has 19 heavy (non-hydrogen) atoms. The molecule has 1 aromatic rings. The smallest absolute Gasteiger partial charge is 0.323 e. The molecule has 1 N–H and O–H groups in total. The van der Waals surface area contributed by atoms with Gasteiger partial charge in [-0.15, -0.1) is 0 Å². The highest BCUT2D eigenvalue weighted by molar-refractivity contribution is 6.41. The molecular weight excluding hydrogens is 291 g/mol. The van der Waals surface area contributed by atoms with E-state index in [2.05, 4.69) is 0 Å². The standard InChI is InChI=1S/C12H16Cl2N2O3/c1-7(2)5-16(6-10(17)18)12(19)9-4-8(13)11(14)15(9)3/h4,7H,5-6H2,1-3H3,(H,17,18). The average molecular weight is 307 g/mol.